The molecule has 4 atom stereocenters. The summed E-state index contributed by atoms with van der Waals surface area (Å²) in [4.78, 5) is 26.8. The minimum atomic E-state index is -1.66. The van der Waals surface area contributed by atoms with Gasteiger partial charge in [0.2, 0.25) is 0 Å². The van der Waals surface area contributed by atoms with Crippen molar-refractivity contribution in [3.8, 4) is 17.6 Å². The molecule has 3 heterocycles. The molecule has 2 aromatic heterocycles. The van der Waals surface area contributed by atoms with Crippen molar-refractivity contribution in [2.45, 2.75) is 76.7 Å². The molecule has 0 bridgehead atoms. The summed E-state index contributed by atoms with van der Waals surface area (Å²) < 4.78 is 43.0. The van der Waals surface area contributed by atoms with E-state index >= 15 is 0 Å². The summed E-state index contributed by atoms with van der Waals surface area (Å²) in [6, 6.07) is 37.1. The number of imidazole rings is 1. The number of rotatable bonds is 19. The van der Waals surface area contributed by atoms with Crippen LogP contribution < -0.4 is 14.8 Å². The fourth-order valence-electron chi connectivity index (χ4n) is 7.75. The molecular formula is C47H52N7O7P. The normalized spacial score (nSPS) is 17.1. The monoisotopic (exact) mass is 857 g/mol. The number of nitrogens with zero attached hydrogens (tertiary/aromatic N) is 6. The molecule has 6 aromatic rings. The molecular weight excluding hydrogens is 806 g/mol. The van der Waals surface area contributed by atoms with Gasteiger partial charge in [0.15, 0.2) is 17.0 Å². The van der Waals surface area contributed by atoms with Gasteiger partial charge in [0.05, 0.1) is 52.4 Å². The summed E-state index contributed by atoms with van der Waals surface area (Å²) >= 11 is 0. The Labute approximate surface area is 363 Å². The highest BCUT2D eigenvalue weighted by Crippen LogP contribution is 2.51. The zero-order valence-corrected chi connectivity index (χ0v) is 36.6. The topological polar surface area (TPSA) is 155 Å². The Balaban J connectivity index is 1.28. The van der Waals surface area contributed by atoms with Crippen LogP contribution in [0, 0.1) is 11.3 Å². The highest BCUT2D eigenvalue weighted by molar-refractivity contribution is 7.44. The number of carbonyl (C=O) groups is 1. The molecule has 1 unspecified atom stereocenters. The van der Waals surface area contributed by atoms with Crippen molar-refractivity contribution in [2.24, 2.45) is 0 Å². The Bertz CT molecular complexity index is 2360. The summed E-state index contributed by atoms with van der Waals surface area (Å²) in [5.74, 6) is 1.39. The van der Waals surface area contributed by atoms with Crippen LogP contribution in [0.1, 0.15) is 73.8 Å². The van der Waals surface area contributed by atoms with E-state index in [4.69, 9.17) is 28.0 Å². The van der Waals surface area contributed by atoms with Crippen LogP contribution in [0.5, 0.6) is 11.5 Å². The minimum Gasteiger partial charge on any atom is -0.497 e. The van der Waals surface area contributed by atoms with E-state index in [1.165, 1.54) is 6.33 Å². The molecule has 15 heteroatoms. The smallest absolute Gasteiger partial charge is 0.259 e. The molecule has 1 saturated heterocycles. The molecule has 1 aliphatic heterocycles. The van der Waals surface area contributed by atoms with Crippen molar-refractivity contribution >= 4 is 31.4 Å². The second-order valence-corrected chi connectivity index (χ2v) is 16.6. The number of fused-ring (bicyclic) bond motifs is 1. The van der Waals surface area contributed by atoms with Gasteiger partial charge in [-0.15, -0.1) is 0 Å². The third kappa shape index (κ3) is 9.64. The van der Waals surface area contributed by atoms with E-state index in [9.17, 15) is 10.1 Å². The van der Waals surface area contributed by atoms with Gasteiger partial charge in [-0.2, -0.15) is 5.26 Å². The first-order valence-corrected chi connectivity index (χ1v) is 21.7. The SMILES string of the molecule is COc1ccc(C(OC[C@H]2O[C@H](n3cnc4c(NC(=O)c5ccccc5)ncnc43)C[C@H]2OP(OCCC#N)N(C(C)C)C(C)C)(c2ccccc2)c2ccc(OC)cc2)cc1. The van der Waals surface area contributed by atoms with Crippen molar-refractivity contribution in [3.63, 3.8) is 0 Å². The first-order chi connectivity index (χ1) is 30.2. The van der Waals surface area contributed by atoms with Crippen molar-refractivity contribution in [2.75, 3.05) is 32.8 Å². The van der Waals surface area contributed by atoms with E-state index in [1.807, 2.05) is 77.4 Å². The van der Waals surface area contributed by atoms with Crippen LogP contribution in [0.15, 0.2) is 122 Å². The van der Waals surface area contributed by atoms with Crippen molar-refractivity contribution in [3.05, 3.63) is 144 Å². The van der Waals surface area contributed by atoms with Crippen LogP contribution in [-0.2, 0) is 24.1 Å². The Hall–Kier alpha value is -5.78. The summed E-state index contributed by atoms with van der Waals surface area (Å²) in [6.45, 7) is 8.70. The molecule has 0 radical (unpaired) electrons. The number of methoxy groups -OCH3 is 2. The molecule has 14 nitrogen and oxygen atoms in total. The zero-order chi connectivity index (χ0) is 43.6. The lowest BCUT2D eigenvalue weighted by Gasteiger charge is -2.39. The van der Waals surface area contributed by atoms with Gasteiger partial charge in [-0.25, -0.2) is 19.6 Å². The summed E-state index contributed by atoms with van der Waals surface area (Å²) in [5.41, 5.74) is 2.89. The Morgan fingerprint density at radius 3 is 2.05 bits per heavy atom. The number of nitriles is 1. The number of ether oxygens (including phenoxy) is 4. The van der Waals surface area contributed by atoms with E-state index < -0.39 is 32.6 Å². The second-order valence-electron chi connectivity index (χ2n) is 15.2. The lowest BCUT2D eigenvalue weighted by atomic mass is 9.80. The maximum Gasteiger partial charge on any atom is 0.259 e. The Kier molecular flexibility index (Phi) is 14.6. The van der Waals surface area contributed by atoms with Gasteiger partial charge < -0.3 is 33.3 Å². The van der Waals surface area contributed by atoms with E-state index in [-0.39, 0.29) is 43.4 Å². The first kappa shape index (κ1) is 44.3. The molecule has 0 saturated carbocycles. The predicted molar refractivity (Wildman–Crippen MR) is 237 cm³/mol. The molecule has 62 heavy (non-hydrogen) atoms. The van der Waals surface area contributed by atoms with Gasteiger partial charge >= 0.3 is 0 Å². The number of anilines is 1. The highest BCUT2D eigenvalue weighted by Gasteiger charge is 2.45. The van der Waals surface area contributed by atoms with Crippen LogP contribution in [0.25, 0.3) is 11.2 Å². The van der Waals surface area contributed by atoms with Crippen molar-refractivity contribution in [1.29, 1.82) is 5.26 Å². The van der Waals surface area contributed by atoms with Gasteiger partial charge in [-0.3, -0.25) is 9.36 Å². The van der Waals surface area contributed by atoms with Crippen LogP contribution in [-0.4, -0.2) is 81.8 Å². The van der Waals surface area contributed by atoms with Gasteiger partial charge in [0.25, 0.3) is 14.4 Å². The molecule has 1 aliphatic rings. The van der Waals surface area contributed by atoms with Gasteiger partial charge in [-0.05, 0) is 80.8 Å². The van der Waals surface area contributed by atoms with Crippen LogP contribution in [0.4, 0.5) is 5.82 Å². The highest BCUT2D eigenvalue weighted by atomic mass is 31.2. The van der Waals surface area contributed by atoms with Crippen LogP contribution in [0.2, 0.25) is 0 Å². The number of hydrogen-bond acceptors (Lipinski definition) is 12. The average Bonchev–Trinajstić information content (AvgIpc) is 3.92. The maximum absolute atomic E-state index is 13.2. The molecule has 322 valence electrons. The number of hydrogen-bond donors (Lipinski definition) is 1. The number of nitrogens with one attached hydrogen (secondary N) is 1. The summed E-state index contributed by atoms with van der Waals surface area (Å²) in [6.07, 6.45) is 1.84. The first-order valence-electron chi connectivity index (χ1n) is 20.6. The van der Waals surface area contributed by atoms with Crippen LogP contribution in [0.3, 0.4) is 0 Å². The van der Waals surface area contributed by atoms with E-state index in [1.54, 1.807) is 44.8 Å². The van der Waals surface area contributed by atoms with Gasteiger partial charge in [0.1, 0.15) is 35.8 Å². The largest absolute Gasteiger partial charge is 0.497 e. The Morgan fingerprint density at radius 1 is 0.871 bits per heavy atom. The van der Waals surface area contributed by atoms with Crippen molar-refractivity contribution < 1.29 is 32.8 Å². The number of carbonyl (C=O) groups excluding carboxylic acids is 1. The fraction of sp³-hybridized carbons (Fsp3) is 0.340. The molecule has 7 rings (SSSR count). The average molecular weight is 858 g/mol. The Morgan fingerprint density at radius 2 is 1.47 bits per heavy atom. The molecule has 1 N–H and O–H groups in total. The molecule has 1 amide bonds. The van der Waals surface area contributed by atoms with E-state index in [2.05, 4.69) is 70.8 Å². The van der Waals surface area contributed by atoms with E-state index in [0.29, 0.717) is 34.6 Å². The minimum absolute atomic E-state index is 0.0747. The quantitative estimate of drug-likeness (QED) is 0.0469. The molecule has 0 aliphatic carbocycles. The summed E-state index contributed by atoms with van der Waals surface area (Å²) in [5, 5.41) is 12.3. The third-order valence-corrected chi connectivity index (χ3v) is 12.8. The number of aromatic nitrogens is 4. The number of benzene rings is 4. The maximum atomic E-state index is 13.2. The second kappa shape index (κ2) is 20.4. The van der Waals surface area contributed by atoms with Crippen LogP contribution >= 0.6 is 8.53 Å². The summed E-state index contributed by atoms with van der Waals surface area (Å²) in [7, 11) is 1.62. The van der Waals surface area contributed by atoms with Crippen molar-refractivity contribution in [1.82, 2.24) is 24.2 Å². The predicted octanol–water partition coefficient (Wildman–Crippen LogP) is 9.05. The lowest BCUT2D eigenvalue weighted by molar-refractivity contribution is -0.0912. The third-order valence-electron chi connectivity index (χ3n) is 10.6. The van der Waals surface area contributed by atoms with E-state index in [0.717, 1.165) is 16.7 Å². The fourth-order valence-corrected chi connectivity index (χ4v) is 9.51. The molecule has 1 fully saturated rings. The van der Waals surface area contributed by atoms with Gasteiger partial charge in [-0.1, -0.05) is 72.8 Å². The lowest BCUT2D eigenvalue weighted by Crippen LogP contribution is -2.39. The molecule has 0 spiro atoms. The zero-order valence-electron chi connectivity index (χ0n) is 35.8. The number of amides is 1. The standard InChI is InChI=1S/C47H52N7O7P/c1-32(2)54(33(3)4)62(59-27-13-26-48)61-40-28-42(53-31-51-43-44(49-30-50-45(43)53)52-46(55)34-14-9-7-10-15-34)60-41(40)29-58-47(35-16-11-8-12-17-35,36-18-22-38(56-5)23-19-36)37-20-24-39(57-6)25-21-37/h7-12,14-25,30-33,40-42H,13,27-29H2,1-6H3,(H,49,50,52,55)/t40-,41-,42+,62?/m1/s1. The van der Waals surface area contributed by atoms with Gasteiger partial charge in [0, 0.05) is 24.1 Å². The molecule has 4 aromatic carbocycles.